The molecule has 1 aliphatic heterocycles. The third-order valence-corrected chi connectivity index (χ3v) is 7.16. The van der Waals surface area contributed by atoms with Gasteiger partial charge in [0.2, 0.25) is 0 Å². The Labute approximate surface area is 226 Å². The lowest BCUT2D eigenvalue weighted by Crippen LogP contribution is -2.29. The number of Topliss-reactive ketones (excluding diaryl/α,β-unsaturated/α-hetero) is 1. The van der Waals surface area contributed by atoms with Crippen molar-refractivity contribution in [1.29, 1.82) is 0 Å². The summed E-state index contributed by atoms with van der Waals surface area (Å²) in [5.74, 6) is -2.64. The molecular weight excluding hydrogens is 526 g/mol. The van der Waals surface area contributed by atoms with Crippen molar-refractivity contribution in [3.05, 3.63) is 98.1 Å². The van der Waals surface area contributed by atoms with Crippen molar-refractivity contribution in [2.45, 2.75) is 19.9 Å². The van der Waals surface area contributed by atoms with E-state index in [0.29, 0.717) is 11.3 Å². The fourth-order valence-corrected chi connectivity index (χ4v) is 5.20. The number of amides is 1. The summed E-state index contributed by atoms with van der Waals surface area (Å²) >= 11 is 0.825. The maximum absolute atomic E-state index is 13.4. The van der Waals surface area contributed by atoms with E-state index in [9.17, 15) is 29.6 Å². The summed E-state index contributed by atoms with van der Waals surface area (Å²) < 4.78 is 10.4. The summed E-state index contributed by atoms with van der Waals surface area (Å²) in [7, 11) is 1.49. The third-order valence-electron chi connectivity index (χ3n) is 6.02. The standard InChI is InChI=1S/C27H23N3O8S/c1-5-11-38-26(34)24-15(3)28-27(39-24)29-21(16-7-6-8-18(13-16)30(35)36)20(23(32)25(29)33)22(31)17-9-10-19(37-4)14(2)12-17/h5-10,12-13,21,31H,1,11H2,2-4H3/t21-/m1/s1. The second kappa shape index (κ2) is 10.9. The zero-order chi connectivity index (χ0) is 28.4. The number of nitro benzene ring substituents is 1. The molecule has 1 aliphatic rings. The highest BCUT2D eigenvalue weighted by Crippen LogP contribution is 2.44. The van der Waals surface area contributed by atoms with Gasteiger partial charge in [-0.15, -0.1) is 0 Å². The molecule has 1 atom stereocenters. The van der Waals surface area contributed by atoms with Gasteiger partial charge in [-0.1, -0.05) is 36.1 Å². The van der Waals surface area contributed by atoms with E-state index in [1.807, 2.05) is 0 Å². The Bertz CT molecular complexity index is 1560. The molecule has 12 heteroatoms. The lowest BCUT2D eigenvalue weighted by molar-refractivity contribution is -0.384. The van der Waals surface area contributed by atoms with Gasteiger partial charge < -0.3 is 14.6 Å². The Kier molecular flexibility index (Phi) is 7.58. The number of aryl methyl sites for hydroxylation is 2. The number of methoxy groups -OCH3 is 1. The minimum absolute atomic E-state index is 0.0124. The predicted molar refractivity (Wildman–Crippen MR) is 143 cm³/mol. The Morgan fingerprint density at radius 2 is 2.00 bits per heavy atom. The number of ketones is 1. The summed E-state index contributed by atoms with van der Waals surface area (Å²) in [5, 5.41) is 22.8. The molecule has 1 aromatic heterocycles. The first-order valence-corrected chi connectivity index (χ1v) is 12.4. The highest BCUT2D eigenvalue weighted by atomic mass is 32.1. The topological polar surface area (TPSA) is 149 Å². The molecule has 200 valence electrons. The number of non-ortho nitro benzene ring substituents is 1. The van der Waals surface area contributed by atoms with Gasteiger partial charge >= 0.3 is 11.9 Å². The maximum atomic E-state index is 13.4. The van der Waals surface area contributed by atoms with Crippen LogP contribution < -0.4 is 9.64 Å². The van der Waals surface area contributed by atoms with Crippen LogP contribution in [-0.2, 0) is 14.3 Å². The van der Waals surface area contributed by atoms with Gasteiger partial charge in [0.05, 0.1) is 29.3 Å². The number of anilines is 1. The minimum Gasteiger partial charge on any atom is -0.507 e. The number of aliphatic hydroxyl groups is 1. The van der Waals surface area contributed by atoms with E-state index in [1.54, 1.807) is 26.0 Å². The van der Waals surface area contributed by atoms with Gasteiger partial charge in [-0.2, -0.15) is 0 Å². The van der Waals surface area contributed by atoms with Crippen molar-refractivity contribution in [3.63, 3.8) is 0 Å². The molecule has 0 bridgehead atoms. The molecule has 1 amide bonds. The molecule has 0 spiro atoms. The Balaban J connectivity index is 1.93. The van der Waals surface area contributed by atoms with Crippen molar-refractivity contribution in [2.75, 3.05) is 18.6 Å². The summed E-state index contributed by atoms with van der Waals surface area (Å²) in [6.45, 7) is 6.76. The largest absolute Gasteiger partial charge is 0.507 e. The Morgan fingerprint density at radius 3 is 2.64 bits per heavy atom. The van der Waals surface area contributed by atoms with Crippen LogP contribution >= 0.6 is 11.3 Å². The number of esters is 1. The van der Waals surface area contributed by atoms with Crippen molar-refractivity contribution >= 4 is 45.6 Å². The van der Waals surface area contributed by atoms with Gasteiger partial charge in [0, 0.05) is 17.7 Å². The van der Waals surface area contributed by atoms with Crippen molar-refractivity contribution in [2.24, 2.45) is 0 Å². The zero-order valence-corrected chi connectivity index (χ0v) is 22.0. The highest BCUT2D eigenvalue weighted by molar-refractivity contribution is 7.17. The quantitative estimate of drug-likeness (QED) is 0.0806. The molecule has 2 heterocycles. The predicted octanol–water partition coefficient (Wildman–Crippen LogP) is 4.65. The van der Waals surface area contributed by atoms with Crippen LogP contribution in [0.5, 0.6) is 5.75 Å². The summed E-state index contributed by atoms with van der Waals surface area (Å²) in [4.78, 5) is 55.7. The van der Waals surface area contributed by atoms with Crippen LogP contribution in [-0.4, -0.2) is 46.4 Å². The van der Waals surface area contributed by atoms with Gasteiger partial charge in [0.1, 0.15) is 23.0 Å². The number of nitrogens with zero attached hydrogens (tertiary/aromatic N) is 3. The van der Waals surface area contributed by atoms with Crippen LogP contribution in [0.4, 0.5) is 10.8 Å². The van der Waals surface area contributed by atoms with E-state index in [1.165, 1.54) is 43.5 Å². The van der Waals surface area contributed by atoms with Crippen molar-refractivity contribution in [1.82, 2.24) is 4.98 Å². The number of aliphatic hydroxyl groups excluding tert-OH is 1. The number of nitro groups is 1. The van der Waals surface area contributed by atoms with Crippen LogP contribution in [0.25, 0.3) is 5.76 Å². The molecule has 0 saturated carbocycles. The molecule has 0 radical (unpaired) electrons. The molecule has 1 fully saturated rings. The average Bonchev–Trinajstić information content (AvgIpc) is 3.43. The Hall–Kier alpha value is -4.84. The summed E-state index contributed by atoms with van der Waals surface area (Å²) in [6.07, 6.45) is 1.40. The number of benzene rings is 2. The highest BCUT2D eigenvalue weighted by Gasteiger charge is 2.48. The molecule has 11 nitrogen and oxygen atoms in total. The smallest absolute Gasteiger partial charge is 0.350 e. The van der Waals surface area contributed by atoms with Crippen LogP contribution in [0.15, 0.2) is 60.7 Å². The fraction of sp³-hybridized carbons (Fsp3) is 0.185. The van der Waals surface area contributed by atoms with Crippen LogP contribution in [0.2, 0.25) is 0 Å². The van der Waals surface area contributed by atoms with Gasteiger partial charge in [-0.25, -0.2) is 9.78 Å². The normalized spacial score (nSPS) is 16.3. The maximum Gasteiger partial charge on any atom is 0.350 e. The number of hydrogen-bond donors (Lipinski definition) is 1. The monoisotopic (exact) mass is 549 g/mol. The first kappa shape index (κ1) is 27.2. The average molecular weight is 550 g/mol. The first-order chi connectivity index (χ1) is 18.6. The molecule has 1 saturated heterocycles. The molecule has 4 rings (SSSR count). The molecule has 39 heavy (non-hydrogen) atoms. The van der Waals surface area contributed by atoms with Crippen LogP contribution in [0.1, 0.15) is 38.1 Å². The lowest BCUT2D eigenvalue weighted by atomic mass is 9.94. The minimum atomic E-state index is -1.27. The van der Waals surface area contributed by atoms with Crippen molar-refractivity contribution < 1.29 is 33.9 Å². The van der Waals surface area contributed by atoms with Gasteiger partial charge in [0.25, 0.3) is 11.5 Å². The zero-order valence-electron chi connectivity index (χ0n) is 21.2. The van der Waals surface area contributed by atoms with Gasteiger partial charge in [-0.05, 0) is 43.2 Å². The summed E-state index contributed by atoms with van der Waals surface area (Å²) in [6, 6.07) is 8.86. The number of rotatable bonds is 8. The fourth-order valence-electron chi connectivity index (χ4n) is 4.21. The Morgan fingerprint density at radius 1 is 1.26 bits per heavy atom. The van der Waals surface area contributed by atoms with E-state index >= 15 is 0 Å². The van der Waals surface area contributed by atoms with E-state index in [4.69, 9.17) is 9.47 Å². The number of carbonyl (C=O) groups is 3. The number of thiazole rings is 1. The molecule has 2 aromatic carbocycles. The van der Waals surface area contributed by atoms with Crippen LogP contribution in [0, 0.1) is 24.0 Å². The van der Waals surface area contributed by atoms with E-state index in [-0.39, 0.29) is 44.7 Å². The number of hydrogen-bond acceptors (Lipinski definition) is 10. The molecule has 0 unspecified atom stereocenters. The van der Waals surface area contributed by atoms with E-state index < -0.39 is 34.4 Å². The van der Waals surface area contributed by atoms with Crippen molar-refractivity contribution in [3.8, 4) is 5.75 Å². The number of carbonyl (C=O) groups excluding carboxylic acids is 3. The molecule has 0 aliphatic carbocycles. The lowest BCUT2D eigenvalue weighted by Gasteiger charge is -2.23. The molecule has 1 N–H and O–H groups in total. The van der Waals surface area contributed by atoms with Gasteiger partial charge in [-0.3, -0.25) is 24.6 Å². The van der Waals surface area contributed by atoms with E-state index in [0.717, 1.165) is 16.2 Å². The summed E-state index contributed by atoms with van der Waals surface area (Å²) in [5.41, 5.74) is 0.802. The van der Waals surface area contributed by atoms with Gasteiger partial charge in [0.15, 0.2) is 5.13 Å². The SMILES string of the molecule is C=CCOC(=O)c1sc(N2C(=O)C(=O)C(=C(O)c3ccc(OC)c(C)c3)[C@H]2c2cccc([N+](=O)[O-])c2)nc1C. The molecular formula is C27H23N3O8S. The molecule has 3 aromatic rings. The second-order valence-corrected chi connectivity index (χ2v) is 9.48. The second-order valence-electron chi connectivity index (χ2n) is 8.50. The van der Waals surface area contributed by atoms with Crippen LogP contribution in [0.3, 0.4) is 0 Å². The van der Waals surface area contributed by atoms with E-state index in [2.05, 4.69) is 11.6 Å². The number of aromatic nitrogens is 1. The first-order valence-electron chi connectivity index (χ1n) is 11.5. The number of ether oxygens (including phenoxy) is 2. The third kappa shape index (κ3) is 5.01.